The Bertz CT molecular complexity index is 883. The molecule has 2 atom stereocenters. The minimum atomic E-state index is -0.404. The summed E-state index contributed by atoms with van der Waals surface area (Å²) in [4.78, 5) is 32.0. The molecule has 1 aliphatic heterocycles. The van der Waals surface area contributed by atoms with Gasteiger partial charge in [-0.15, -0.1) is 0 Å². The Morgan fingerprint density at radius 3 is 2.67 bits per heavy atom. The number of rotatable bonds is 3. The van der Waals surface area contributed by atoms with Gasteiger partial charge in [-0.25, -0.2) is 4.79 Å². The van der Waals surface area contributed by atoms with Gasteiger partial charge in [-0.2, -0.15) is 0 Å². The number of benzene rings is 1. The van der Waals surface area contributed by atoms with Gasteiger partial charge in [0, 0.05) is 24.2 Å². The molecule has 4 rings (SSSR count). The number of aryl methyl sites for hydroxylation is 1. The van der Waals surface area contributed by atoms with E-state index in [1.165, 1.54) is 0 Å². The number of esters is 1. The number of piperidine rings is 1. The number of hydrogen-bond donors (Lipinski definition) is 0. The van der Waals surface area contributed by atoms with Crippen molar-refractivity contribution in [3.63, 3.8) is 0 Å². The molecule has 5 nitrogen and oxygen atoms in total. The maximum atomic E-state index is 12.9. The molecule has 0 bridgehead atoms. The summed E-state index contributed by atoms with van der Waals surface area (Å²) in [5, 5.41) is 0.816. The van der Waals surface area contributed by atoms with Crippen LogP contribution in [-0.2, 0) is 22.4 Å². The Morgan fingerprint density at radius 2 is 1.89 bits per heavy atom. The minimum Gasteiger partial charge on any atom is -0.452 e. The largest absolute Gasteiger partial charge is 0.452 e. The van der Waals surface area contributed by atoms with Gasteiger partial charge in [0.05, 0.1) is 11.1 Å². The first-order valence-electron chi connectivity index (χ1n) is 9.88. The number of carbonyl (C=O) groups excluding carboxylic acids is 2. The van der Waals surface area contributed by atoms with E-state index in [0.717, 1.165) is 60.9 Å². The van der Waals surface area contributed by atoms with Crippen molar-refractivity contribution in [1.82, 2.24) is 9.88 Å². The van der Waals surface area contributed by atoms with Crippen LogP contribution in [0.15, 0.2) is 24.3 Å². The zero-order chi connectivity index (χ0) is 19.0. The molecular formula is C22H26N2O3. The van der Waals surface area contributed by atoms with Crippen LogP contribution in [0.1, 0.15) is 48.3 Å². The summed E-state index contributed by atoms with van der Waals surface area (Å²) in [7, 11) is 0. The maximum absolute atomic E-state index is 12.9. The molecule has 1 amide bonds. The highest BCUT2D eigenvalue weighted by molar-refractivity contribution is 6.05. The molecule has 1 saturated heterocycles. The van der Waals surface area contributed by atoms with Crippen LogP contribution in [0, 0.1) is 11.8 Å². The topological polar surface area (TPSA) is 59.5 Å². The molecule has 1 aromatic carbocycles. The second kappa shape index (κ2) is 7.29. The van der Waals surface area contributed by atoms with Crippen LogP contribution >= 0.6 is 0 Å². The third-order valence-electron chi connectivity index (χ3n) is 5.67. The summed E-state index contributed by atoms with van der Waals surface area (Å²) in [5.41, 5.74) is 3.40. The van der Waals surface area contributed by atoms with Crippen LogP contribution in [0.3, 0.4) is 0 Å². The second-order valence-corrected chi connectivity index (χ2v) is 8.10. The van der Waals surface area contributed by atoms with Crippen molar-refractivity contribution in [1.29, 1.82) is 0 Å². The van der Waals surface area contributed by atoms with Crippen molar-refractivity contribution in [3.05, 3.63) is 41.1 Å². The average molecular weight is 366 g/mol. The number of likely N-dealkylation sites (tertiary alicyclic amines) is 1. The van der Waals surface area contributed by atoms with Gasteiger partial charge in [-0.05, 0) is 49.1 Å². The van der Waals surface area contributed by atoms with Crippen LogP contribution in [0.5, 0.6) is 0 Å². The average Bonchev–Trinajstić information content (AvgIpc) is 3.10. The van der Waals surface area contributed by atoms with E-state index in [1.54, 1.807) is 0 Å². The fraction of sp³-hybridized carbons (Fsp3) is 0.500. The van der Waals surface area contributed by atoms with Gasteiger partial charge in [-0.1, -0.05) is 32.0 Å². The van der Waals surface area contributed by atoms with Crippen molar-refractivity contribution < 1.29 is 14.3 Å². The van der Waals surface area contributed by atoms with Gasteiger partial charge in [0.15, 0.2) is 6.61 Å². The Balaban J connectivity index is 1.53. The molecule has 0 radical (unpaired) electrons. The zero-order valence-corrected chi connectivity index (χ0v) is 16.0. The summed E-state index contributed by atoms with van der Waals surface area (Å²) in [5.74, 6) is 0.469. The molecule has 1 aliphatic carbocycles. The van der Waals surface area contributed by atoms with E-state index in [2.05, 4.69) is 13.8 Å². The van der Waals surface area contributed by atoms with E-state index >= 15 is 0 Å². The third-order valence-corrected chi connectivity index (χ3v) is 5.67. The number of hydrogen-bond acceptors (Lipinski definition) is 4. The van der Waals surface area contributed by atoms with Gasteiger partial charge in [0.1, 0.15) is 0 Å². The number of aromatic nitrogens is 1. The molecule has 1 aromatic heterocycles. The Labute approximate surface area is 159 Å². The lowest BCUT2D eigenvalue weighted by Gasteiger charge is -2.34. The second-order valence-electron chi connectivity index (χ2n) is 8.10. The highest BCUT2D eigenvalue weighted by Crippen LogP contribution is 2.30. The normalized spacial score (nSPS) is 21.9. The van der Waals surface area contributed by atoms with Crippen molar-refractivity contribution >= 4 is 22.8 Å². The summed E-state index contributed by atoms with van der Waals surface area (Å²) in [6, 6.07) is 7.66. The van der Waals surface area contributed by atoms with E-state index in [-0.39, 0.29) is 12.5 Å². The standard InChI is InChI=1S/C22H26N2O3/c1-14-10-15(2)12-24(11-14)20(25)13-27-22(26)21-16-6-3-4-8-18(16)23-19-9-5-7-17(19)21/h3-4,6,8,14-15H,5,7,9-13H2,1-2H3/t14-,15-/m1/s1. The smallest absolute Gasteiger partial charge is 0.339 e. The molecule has 0 saturated carbocycles. The number of para-hydroxylation sites is 1. The summed E-state index contributed by atoms with van der Waals surface area (Å²) < 4.78 is 5.49. The first-order chi connectivity index (χ1) is 13.0. The molecule has 2 heterocycles. The van der Waals surface area contributed by atoms with Crippen molar-refractivity contribution in [3.8, 4) is 0 Å². The number of amides is 1. The third kappa shape index (κ3) is 3.55. The van der Waals surface area contributed by atoms with E-state index in [4.69, 9.17) is 9.72 Å². The molecule has 1 fully saturated rings. The fourth-order valence-corrected chi connectivity index (χ4v) is 4.60. The molecule has 2 aromatic rings. The van der Waals surface area contributed by atoms with E-state index in [1.807, 2.05) is 29.2 Å². The van der Waals surface area contributed by atoms with Gasteiger partial charge in [0.25, 0.3) is 5.91 Å². The summed E-state index contributed by atoms with van der Waals surface area (Å²) in [6.07, 6.45) is 3.87. The number of ether oxygens (including phenoxy) is 1. The van der Waals surface area contributed by atoms with Gasteiger partial charge in [0.2, 0.25) is 0 Å². The fourth-order valence-electron chi connectivity index (χ4n) is 4.60. The van der Waals surface area contributed by atoms with Crippen molar-refractivity contribution in [2.75, 3.05) is 19.7 Å². The van der Waals surface area contributed by atoms with E-state index in [9.17, 15) is 9.59 Å². The molecule has 142 valence electrons. The van der Waals surface area contributed by atoms with Crippen LogP contribution in [0.2, 0.25) is 0 Å². The summed E-state index contributed by atoms with van der Waals surface area (Å²) >= 11 is 0. The number of pyridine rings is 1. The van der Waals surface area contributed by atoms with Crippen molar-refractivity contribution in [2.24, 2.45) is 11.8 Å². The lowest BCUT2D eigenvalue weighted by atomic mass is 9.92. The molecule has 0 spiro atoms. The number of nitrogens with zero attached hydrogens (tertiary/aromatic N) is 2. The van der Waals surface area contributed by atoms with Gasteiger partial charge >= 0.3 is 5.97 Å². The summed E-state index contributed by atoms with van der Waals surface area (Å²) in [6.45, 7) is 5.62. The van der Waals surface area contributed by atoms with Crippen LogP contribution in [0.4, 0.5) is 0 Å². The molecule has 27 heavy (non-hydrogen) atoms. The van der Waals surface area contributed by atoms with Crippen LogP contribution < -0.4 is 0 Å². The predicted molar refractivity (Wildman–Crippen MR) is 104 cm³/mol. The highest BCUT2D eigenvalue weighted by Gasteiger charge is 2.28. The first-order valence-corrected chi connectivity index (χ1v) is 9.88. The van der Waals surface area contributed by atoms with Crippen molar-refractivity contribution in [2.45, 2.75) is 39.5 Å². The monoisotopic (exact) mass is 366 g/mol. The first kappa shape index (κ1) is 18.0. The zero-order valence-electron chi connectivity index (χ0n) is 16.0. The highest BCUT2D eigenvalue weighted by atomic mass is 16.5. The predicted octanol–water partition coefficient (Wildman–Crippen LogP) is 3.38. The van der Waals surface area contributed by atoms with Crippen LogP contribution in [0.25, 0.3) is 10.9 Å². The minimum absolute atomic E-state index is 0.100. The molecule has 0 unspecified atom stereocenters. The van der Waals surface area contributed by atoms with Crippen LogP contribution in [-0.4, -0.2) is 41.5 Å². The maximum Gasteiger partial charge on any atom is 0.339 e. The lowest BCUT2D eigenvalue weighted by molar-refractivity contribution is -0.137. The SMILES string of the molecule is C[C@@H]1C[C@@H](C)CN(C(=O)COC(=O)c2c3c(nc4ccccc24)CCC3)C1. The molecule has 5 heteroatoms. The Morgan fingerprint density at radius 1 is 1.15 bits per heavy atom. The Kier molecular flexibility index (Phi) is 4.85. The molecule has 2 aliphatic rings. The van der Waals surface area contributed by atoms with Gasteiger partial charge < -0.3 is 9.64 Å². The van der Waals surface area contributed by atoms with E-state index < -0.39 is 5.97 Å². The number of carbonyl (C=O) groups is 2. The molecular weight excluding hydrogens is 340 g/mol. The lowest BCUT2D eigenvalue weighted by Crippen LogP contribution is -2.44. The van der Waals surface area contributed by atoms with Gasteiger partial charge in [-0.3, -0.25) is 9.78 Å². The molecule has 0 N–H and O–H groups in total. The van der Waals surface area contributed by atoms with E-state index in [0.29, 0.717) is 17.4 Å². The quantitative estimate of drug-likeness (QED) is 0.782. The Hall–Kier alpha value is -2.43. The number of fused-ring (bicyclic) bond motifs is 2.